The van der Waals surface area contributed by atoms with Crippen molar-refractivity contribution in [3.8, 4) is 0 Å². The van der Waals surface area contributed by atoms with Crippen molar-refractivity contribution in [2.75, 3.05) is 0 Å². The summed E-state index contributed by atoms with van der Waals surface area (Å²) in [6.07, 6.45) is -0.966. The molecule has 0 spiro atoms. The molecule has 0 heterocycles. The molecule has 0 amide bonds. The van der Waals surface area contributed by atoms with E-state index in [1.54, 1.807) is 6.07 Å². The van der Waals surface area contributed by atoms with Gasteiger partial charge in [0.1, 0.15) is 6.10 Å². The zero-order valence-corrected chi connectivity index (χ0v) is 7.24. The molecule has 12 heavy (non-hydrogen) atoms. The van der Waals surface area contributed by atoms with Crippen molar-refractivity contribution in [3.05, 3.63) is 35.4 Å². The van der Waals surface area contributed by atoms with E-state index in [4.69, 9.17) is 0 Å². The molecule has 1 aromatic carbocycles. The Balaban J connectivity index is 3.02. The van der Waals surface area contributed by atoms with Crippen LogP contribution in [-0.2, 0) is 4.79 Å². The second-order valence-electron chi connectivity index (χ2n) is 2.87. The summed E-state index contributed by atoms with van der Waals surface area (Å²) in [5.41, 5.74) is 1.64. The van der Waals surface area contributed by atoms with E-state index in [9.17, 15) is 9.90 Å². The SMILES string of the molecule is CC(=O)C(O)c1ccccc1C. The lowest BCUT2D eigenvalue weighted by molar-refractivity contribution is -0.125. The smallest absolute Gasteiger partial charge is 0.162 e. The summed E-state index contributed by atoms with van der Waals surface area (Å²) in [5, 5.41) is 9.43. The number of benzene rings is 1. The summed E-state index contributed by atoms with van der Waals surface area (Å²) in [7, 11) is 0. The molecule has 0 saturated heterocycles. The average molecular weight is 164 g/mol. The van der Waals surface area contributed by atoms with E-state index >= 15 is 0 Å². The van der Waals surface area contributed by atoms with Gasteiger partial charge in [-0.25, -0.2) is 0 Å². The Morgan fingerprint density at radius 1 is 1.42 bits per heavy atom. The first-order valence-electron chi connectivity index (χ1n) is 3.87. The van der Waals surface area contributed by atoms with Gasteiger partial charge in [0.25, 0.3) is 0 Å². The summed E-state index contributed by atoms with van der Waals surface area (Å²) in [6.45, 7) is 3.26. The molecule has 0 bridgehead atoms. The van der Waals surface area contributed by atoms with Crippen LogP contribution in [0.25, 0.3) is 0 Å². The summed E-state index contributed by atoms with van der Waals surface area (Å²) in [4.78, 5) is 10.8. The fourth-order valence-corrected chi connectivity index (χ4v) is 1.11. The van der Waals surface area contributed by atoms with E-state index < -0.39 is 6.10 Å². The molecule has 1 aromatic rings. The van der Waals surface area contributed by atoms with Crippen LogP contribution >= 0.6 is 0 Å². The van der Waals surface area contributed by atoms with Crippen molar-refractivity contribution in [3.63, 3.8) is 0 Å². The van der Waals surface area contributed by atoms with Gasteiger partial charge < -0.3 is 5.11 Å². The van der Waals surface area contributed by atoms with Crippen molar-refractivity contribution in [1.29, 1.82) is 0 Å². The molecule has 1 rings (SSSR count). The molecular formula is C10H12O2. The summed E-state index contributed by atoms with van der Waals surface area (Å²) in [5.74, 6) is -0.218. The van der Waals surface area contributed by atoms with Crippen molar-refractivity contribution in [2.45, 2.75) is 20.0 Å². The first-order chi connectivity index (χ1) is 5.63. The van der Waals surface area contributed by atoms with Gasteiger partial charge in [-0.1, -0.05) is 24.3 Å². The van der Waals surface area contributed by atoms with E-state index in [1.807, 2.05) is 25.1 Å². The number of hydrogen-bond donors (Lipinski definition) is 1. The Morgan fingerprint density at radius 2 is 2.00 bits per heavy atom. The molecule has 0 saturated carbocycles. The van der Waals surface area contributed by atoms with Crippen LogP contribution in [0.1, 0.15) is 24.2 Å². The molecule has 1 atom stereocenters. The molecule has 2 heteroatoms. The van der Waals surface area contributed by atoms with Crippen LogP contribution in [0.15, 0.2) is 24.3 Å². The zero-order valence-electron chi connectivity index (χ0n) is 7.24. The summed E-state index contributed by atoms with van der Waals surface area (Å²) < 4.78 is 0. The molecule has 0 aliphatic rings. The second-order valence-corrected chi connectivity index (χ2v) is 2.87. The summed E-state index contributed by atoms with van der Waals surface area (Å²) in [6, 6.07) is 7.34. The highest BCUT2D eigenvalue weighted by molar-refractivity contribution is 5.81. The van der Waals surface area contributed by atoms with Crippen molar-refractivity contribution in [2.24, 2.45) is 0 Å². The number of aliphatic hydroxyl groups is 1. The second kappa shape index (κ2) is 3.50. The lowest BCUT2D eigenvalue weighted by Gasteiger charge is -2.09. The number of carbonyl (C=O) groups is 1. The Labute approximate surface area is 71.8 Å². The number of aryl methyl sites for hydroxylation is 1. The number of rotatable bonds is 2. The first-order valence-corrected chi connectivity index (χ1v) is 3.87. The normalized spacial score (nSPS) is 12.6. The highest BCUT2D eigenvalue weighted by atomic mass is 16.3. The van der Waals surface area contributed by atoms with Gasteiger partial charge in [-0.15, -0.1) is 0 Å². The number of aliphatic hydroxyl groups excluding tert-OH is 1. The highest BCUT2D eigenvalue weighted by Crippen LogP contribution is 2.17. The van der Waals surface area contributed by atoms with Crippen LogP contribution < -0.4 is 0 Å². The third kappa shape index (κ3) is 1.71. The molecular weight excluding hydrogens is 152 g/mol. The zero-order chi connectivity index (χ0) is 9.14. The Bertz CT molecular complexity index is 292. The average Bonchev–Trinajstić information content (AvgIpc) is 2.04. The van der Waals surface area contributed by atoms with Gasteiger partial charge in [0, 0.05) is 0 Å². The molecule has 0 aromatic heterocycles. The van der Waals surface area contributed by atoms with E-state index in [1.165, 1.54) is 6.92 Å². The van der Waals surface area contributed by atoms with Gasteiger partial charge in [0.05, 0.1) is 0 Å². The van der Waals surface area contributed by atoms with Crippen molar-refractivity contribution >= 4 is 5.78 Å². The molecule has 0 radical (unpaired) electrons. The van der Waals surface area contributed by atoms with Crippen LogP contribution in [0.2, 0.25) is 0 Å². The quantitative estimate of drug-likeness (QED) is 0.721. The van der Waals surface area contributed by atoms with Crippen LogP contribution in [0.3, 0.4) is 0 Å². The summed E-state index contributed by atoms with van der Waals surface area (Å²) >= 11 is 0. The van der Waals surface area contributed by atoms with Crippen LogP contribution in [-0.4, -0.2) is 10.9 Å². The first kappa shape index (κ1) is 8.94. The highest BCUT2D eigenvalue weighted by Gasteiger charge is 2.13. The van der Waals surface area contributed by atoms with E-state index in [-0.39, 0.29) is 5.78 Å². The van der Waals surface area contributed by atoms with E-state index in [0.29, 0.717) is 5.56 Å². The van der Waals surface area contributed by atoms with Crippen LogP contribution in [0, 0.1) is 6.92 Å². The Hall–Kier alpha value is -1.15. The van der Waals surface area contributed by atoms with Crippen LogP contribution in [0.4, 0.5) is 0 Å². The number of hydrogen-bond acceptors (Lipinski definition) is 2. The molecule has 1 N–H and O–H groups in total. The minimum atomic E-state index is -0.966. The molecule has 0 aliphatic heterocycles. The molecule has 2 nitrogen and oxygen atoms in total. The van der Waals surface area contributed by atoms with E-state index in [0.717, 1.165) is 5.56 Å². The van der Waals surface area contributed by atoms with Gasteiger partial charge in [-0.2, -0.15) is 0 Å². The van der Waals surface area contributed by atoms with Gasteiger partial charge in [-0.05, 0) is 25.0 Å². The maximum Gasteiger partial charge on any atom is 0.162 e. The number of carbonyl (C=O) groups excluding carboxylic acids is 1. The monoisotopic (exact) mass is 164 g/mol. The molecule has 64 valence electrons. The third-order valence-electron chi connectivity index (χ3n) is 1.87. The minimum Gasteiger partial charge on any atom is -0.381 e. The van der Waals surface area contributed by atoms with Crippen LogP contribution in [0.5, 0.6) is 0 Å². The topological polar surface area (TPSA) is 37.3 Å². The van der Waals surface area contributed by atoms with Gasteiger partial charge in [0.15, 0.2) is 5.78 Å². The van der Waals surface area contributed by atoms with Crippen molar-refractivity contribution < 1.29 is 9.90 Å². The third-order valence-corrected chi connectivity index (χ3v) is 1.87. The molecule has 0 fully saturated rings. The standard InChI is InChI=1S/C10H12O2/c1-7-5-3-4-6-9(7)10(12)8(2)11/h3-6,10,12H,1-2H3. The predicted molar refractivity (Wildman–Crippen MR) is 46.8 cm³/mol. The largest absolute Gasteiger partial charge is 0.381 e. The Kier molecular flexibility index (Phi) is 2.61. The minimum absolute atomic E-state index is 0.218. The van der Waals surface area contributed by atoms with Crippen molar-refractivity contribution in [1.82, 2.24) is 0 Å². The number of Topliss-reactive ketones (excluding diaryl/α,β-unsaturated/α-hetero) is 1. The van der Waals surface area contributed by atoms with E-state index in [2.05, 4.69) is 0 Å². The molecule has 0 aliphatic carbocycles. The maximum absolute atomic E-state index is 10.8. The molecule has 1 unspecified atom stereocenters. The van der Waals surface area contributed by atoms with Gasteiger partial charge in [-0.3, -0.25) is 4.79 Å². The van der Waals surface area contributed by atoms with Gasteiger partial charge >= 0.3 is 0 Å². The predicted octanol–water partition coefficient (Wildman–Crippen LogP) is 1.62. The lowest BCUT2D eigenvalue weighted by atomic mass is 10.0. The fraction of sp³-hybridized carbons (Fsp3) is 0.300. The lowest BCUT2D eigenvalue weighted by Crippen LogP contribution is -2.08. The van der Waals surface area contributed by atoms with Gasteiger partial charge in [0.2, 0.25) is 0 Å². The maximum atomic E-state index is 10.8. The number of ketones is 1. The Morgan fingerprint density at radius 3 is 2.50 bits per heavy atom. The fourth-order valence-electron chi connectivity index (χ4n) is 1.11.